The summed E-state index contributed by atoms with van der Waals surface area (Å²) in [6.07, 6.45) is 7.55. The van der Waals surface area contributed by atoms with Crippen LogP contribution < -0.4 is 5.32 Å². The second-order valence-corrected chi connectivity index (χ2v) is 4.24. The predicted molar refractivity (Wildman–Crippen MR) is 77.0 cm³/mol. The highest BCUT2D eigenvalue weighted by atomic mass is 16.5. The van der Waals surface area contributed by atoms with Crippen molar-refractivity contribution in [1.29, 1.82) is 0 Å². The van der Waals surface area contributed by atoms with Crippen molar-refractivity contribution in [3.8, 4) is 0 Å². The molecule has 2 rings (SSSR count). The molecule has 0 aliphatic rings. The van der Waals surface area contributed by atoms with E-state index in [4.69, 9.17) is 9.15 Å². The van der Waals surface area contributed by atoms with Gasteiger partial charge in [0.15, 0.2) is 0 Å². The number of carbonyl (C=O) groups is 1. The molecule has 0 fully saturated rings. The highest BCUT2D eigenvalue weighted by Gasteiger charge is 2.00. The Balaban J connectivity index is 1.58. The number of carbonyl (C=O) groups excluding carboxylic acids is 1. The Bertz CT molecular complexity index is 532. The fraction of sp³-hybridized carbons (Fsp3) is 0.188. The van der Waals surface area contributed by atoms with Gasteiger partial charge in [0.25, 0.3) is 0 Å². The molecular formula is C16H17NO3. The standard InChI is InChI=1S/C16H17NO3/c18-16(20-13-14-6-2-1-3-7-14)17-10-5-4-8-15-9-11-19-12-15/h1-4,6-9,11-12H,5,10,13H2,(H,17,18). The van der Waals surface area contributed by atoms with Crippen LogP contribution in [-0.4, -0.2) is 12.6 Å². The van der Waals surface area contributed by atoms with Crippen molar-refractivity contribution in [3.63, 3.8) is 0 Å². The Hall–Kier alpha value is -2.49. The molecule has 0 atom stereocenters. The monoisotopic (exact) mass is 271 g/mol. The minimum absolute atomic E-state index is 0.289. The third-order valence-corrected chi connectivity index (χ3v) is 2.65. The number of nitrogens with one attached hydrogen (secondary N) is 1. The van der Waals surface area contributed by atoms with Crippen LogP contribution in [0.1, 0.15) is 17.5 Å². The zero-order valence-electron chi connectivity index (χ0n) is 11.1. The number of rotatable bonds is 6. The molecular weight excluding hydrogens is 254 g/mol. The van der Waals surface area contributed by atoms with Crippen molar-refractivity contribution in [2.24, 2.45) is 0 Å². The van der Waals surface area contributed by atoms with E-state index in [1.54, 1.807) is 12.5 Å². The van der Waals surface area contributed by atoms with Gasteiger partial charge in [-0.2, -0.15) is 0 Å². The van der Waals surface area contributed by atoms with Crippen molar-refractivity contribution in [1.82, 2.24) is 5.32 Å². The highest BCUT2D eigenvalue weighted by Crippen LogP contribution is 2.03. The minimum atomic E-state index is -0.398. The number of hydrogen-bond donors (Lipinski definition) is 1. The lowest BCUT2D eigenvalue weighted by molar-refractivity contribution is 0.140. The number of furan rings is 1. The van der Waals surface area contributed by atoms with Crippen LogP contribution in [0.15, 0.2) is 59.4 Å². The molecule has 1 aromatic heterocycles. The van der Waals surface area contributed by atoms with Gasteiger partial charge < -0.3 is 14.5 Å². The molecule has 1 N–H and O–H groups in total. The molecule has 0 saturated carbocycles. The molecule has 1 heterocycles. The maximum Gasteiger partial charge on any atom is 0.407 e. The van der Waals surface area contributed by atoms with E-state index in [1.165, 1.54) is 0 Å². The van der Waals surface area contributed by atoms with Crippen molar-refractivity contribution >= 4 is 12.2 Å². The van der Waals surface area contributed by atoms with Crippen molar-refractivity contribution < 1.29 is 13.9 Å². The van der Waals surface area contributed by atoms with Gasteiger partial charge in [-0.05, 0) is 18.1 Å². The van der Waals surface area contributed by atoms with E-state index in [0.717, 1.165) is 17.5 Å². The Morgan fingerprint density at radius 2 is 2.10 bits per heavy atom. The van der Waals surface area contributed by atoms with Crippen molar-refractivity contribution in [2.45, 2.75) is 13.0 Å². The first-order valence-electron chi connectivity index (χ1n) is 6.48. The first kappa shape index (κ1) is 13.9. The third kappa shape index (κ3) is 5.02. The van der Waals surface area contributed by atoms with Crippen molar-refractivity contribution in [3.05, 3.63) is 66.1 Å². The van der Waals surface area contributed by atoms with Crippen LogP contribution in [0.5, 0.6) is 0 Å². The predicted octanol–water partition coefficient (Wildman–Crippen LogP) is 3.61. The van der Waals surface area contributed by atoms with Gasteiger partial charge in [-0.15, -0.1) is 0 Å². The van der Waals surface area contributed by atoms with Crippen LogP contribution in [0, 0.1) is 0 Å². The molecule has 104 valence electrons. The Kier molecular flexibility index (Phi) is 5.46. The minimum Gasteiger partial charge on any atom is -0.472 e. The maximum absolute atomic E-state index is 11.4. The Morgan fingerprint density at radius 3 is 2.85 bits per heavy atom. The molecule has 1 amide bonds. The molecule has 4 heteroatoms. The molecule has 0 aliphatic heterocycles. The van der Waals surface area contributed by atoms with Gasteiger partial charge in [-0.3, -0.25) is 0 Å². The van der Waals surface area contributed by atoms with Crippen LogP contribution in [0.4, 0.5) is 4.79 Å². The second kappa shape index (κ2) is 7.84. The molecule has 1 aromatic carbocycles. The average Bonchev–Trinajstić information content (AvgIpc) is 2.99. The van der Waals surface area contributed by atoms with Gasteiger partial charge >= 0.3 is 6.09 Å². The van der Waals surface area contributed by atoms with E-state index in [2.05, 4.69) is 5.32 Å². The quantitative estimate of drug-likeness (QED) is 0.816. The number of ether oxygens (including phenoxy) is 1. The average molecular weight is 271 g/mol. The first-order valence-corrected chi connectivity index (χ1v) is 6.48. The summed E-state index contributed by atoms with van der Waals surface area (Å²) < 4.78 is 10.0. The fourth-order valence-corrected chi connectivity index (χ4v) is 1.62. The molecule has 0 spiro atoms. The first-order chi connectivity index (χ1) is 9.84. The molecule has 0 saturated heterocycles. The third-order valence-electron chi connectivity index (χ3n) is 2.65. The van der Waals surface area contributed by atoms with Crippen LogP contribution in [0.25, 0.3) is 6.08 Å². The van der Waals surface area contributed by atoms with Gasteiger partial charge in [-0.1, -0.05) is 42.5 Å². The molecule has 20 heavy (non-hydrogen) atoms. The summed E-state index contributed by atoms with van der Waals surface area (Å²) in [5, 5.41) is 2.70. The van der Waals surface area contributed by atoms with Gasteiger partial charge in [0.05, 0.1) is 12.5 Å². The number of hydrogen-bond acceptors (Lipinski definition) is 3. The summed E-state index contributed by atoms with van der Waals surface area (Å²) in [4.78, 5) is 11.4. The molecule has 0 bridgehead atoms. The van der Waals surface area contributed by atoms with E-state index >= 15 is 0 Å². The van der Waals surface area contributed by atoms with Crippen LogP contribution in [-0.2, 0) is 11.3 Å². The van der Waals surface area contributed by atoms with Gasteiger partial charge in [-0.25, -0.2) is 4.79 Å². The summed E-state index contributed by atoms with van der Waals surface area (Å²) in [7, 11) is 0. The van der Waals surface area contributed by atoms with E-state index in [-0.39, 0.29) is 6.61 Å². The van der Waals surface area contributed by atoms with Crippen LogP contribution in [0.2, 0.25) is 0 Å². The van der Waals surface area contributed by atoms with E-state index in [9.17, 15) is 4.79 Å². The zero-order valence-corrected chi connectivity index (χ0v) is 11.1. The Labute approximate surface area is 118 Å². The Morgan fingerprint density at radius 1 is 1.25 bits per heavy atom. The van der Waals surface area contributed by atoms with Crippen molar-refractivity contribution in [2.75, 3.05) is 6.54 Å². The van der Waals surface area contributed by atoms with E-state index in [0.29, 0.717) is 6.54 Å². The lowest BCUT2D eigenvalue weighted by Gasteiger charge is -2.05. The molecule has 0 unspecified atom stereocenters. The smallest absolute Gasteiger partial charge is 0.407 e. The van der Waals surface area contributed by atoms with Gasteiger partial charge in [0, 0.05) is 12.1 Å². The molecule has 0 radical (unpaired) electrons. The van der Waals surface area contributed by atoms with Gasteiger partial charge in [0.1, 0.15) is 6.61 Å². The normalized spacial score (nSPS) is 10.6. The second-order valence-electron chi connectivity index (χ2n) is 4.24. The maximum atomic E-state index is 11.4. The summed E-state index contributed by atoms with van der Waals surface area (Å²) in [5.41, 5.74) is 1.99. The largest absolute Gasteiger partial charge is 0.472 e. The molecule has 2 aromatic rings. The summed E-state index contributed by atoms with van der Waals surface area (Å²) in [6.45, 7) is 0.833. The van der Waals surface area contributed by atoms with E-state index in [1.807, 2.05) is 48.6 Å². The number of amides is 1. The molecule has 4 nitrogen and oxygen atoms in total. The number of alkyl carbamates (subject to hydrolysis) is 1. The number of benzene rings is 1. The highest BCUT2D eigenvalue weighted by molar-refractivity contribution is 5.67. The van der Waals surface area contributed by atoms with Crippen LogP contribution >= 0.6 is 0 Å². The van der Waals surface area contributed by atoms with Crippen LogP contribution in [0.3, 0.4) is 0 Å². The summed E-state index contributed by atoms with van der Waals surface area (Å²) >= 11 is 0. The van der Waals surface area contributed by atoms with E-state index < -0.39 is 6.09 Å². The topological polar surface area (TPSA) is 51.5 Å². The summed E-state index contributed by atoms with van der Waals surface area (Å²) in [6, 6.07) is 11.5. The lowest BCUT2D eigenvalue weighted by atomic mass is 10.2. The SMILES string of the molecule is O=C(NCCC=Cc1ccoc1)OCc1ccccc1. The fourth-order valence-electron chi connectivity index (χ4n) is 1.62. The zero-order chi connectivity index (χ0) is 14.0. The van der Waals surface area contributed by atoms with Gasteiger partial charge in [0.2, 0.25) is 0 Å². The molecule has 0 aliphatic carbocycles. The lowest BCUT2D eigenvalue weighted by Crippen LogP contribution is -2.24. The summed E-state index contributed by atoms with van der Waals surface area (Å²) in [5.74, 6) is 0.